The van der Waals surface area contributed by atoms with E-state index in [0.29, 0.717) is 75.7 Å². The van der Waals surface area contributed by atoms with Crippen LogP contribution in [0, 0.1) is 11.8 Å². The average Bonchev–Trinajstić information content (AvgIpc) is 2.83. The lowest BCUT2D eigenvalue weighted by atomic mass is 9.94. The number of ether oxygens (including phenoxy) is 1. The van der Waals surface area contributed by atoms with Gasteiger partial charge in [-0.15, -0.1) is 0 Å². The van der Waals surface area contributed by atoms with Crippen LogP contribution in [0.1, 0.15) is 56.5 Å². The van der Waals surface area contributed by atoms with E-state index >= 15 is 0 Å². The summed E-state index contributed by atoms with van der Waals surface area (Å²) in [5, 5.41) is 3.07. The van der Waals surface area contributed by atoms with Gasteiger partial charge in [0.2, 0.25) is 15.9 Å². The Morgan fingerprint density at radius 3 is 2.30 bits per heavy atom. The summed E-state index contributed by atoms with van der Waals surface area (Å²) in [5.74, 6) is 0.125. The number of sulfonamides is 1. The van der Waals surface area contributed by atoms with Crippen LogP contribution < -0.4 is 5.32 Å². The van der Waals surface area contributed by atoms with Crippen LogP contribution >= 0.6 is 0 Å². The van der Waals surface area contributed by atoms with E-state index in [1.807, 2.05) is 13.8 Å². The minimum Gasteiger partial charge on any atom is -0.379 e. The monoisotopic (exact) mass is 479 g/mol. The highest BCUT2D eigenvalue weighted by atomic mass is 32.2. The van der Waals surface area contributed by atoms with Crippen LogP contribution in [0.5, 0.6) is 0 Å². The van der Waals surface area contributed by atoms with E-state index in [-0.39, 0.29) is 28.7 Å². The first-order valence-electron chi connectivity index (χ1n) is 12.0. The molecule has 33 heavy (non-hydrogen) atoms. The summed E-state index contributed by atoms with van der Waals surface area (Å²) in [6.07, 6.45) is 1.77. The number of hydrogen-bond donors (Lipinski definition) is 1. The molecule has 184 valence electrons. The Bertz CT molecular complexity index is 949. The maximum absolute atomic E-state index is 13.3. The summed E-state index contributed by atoms with van der Waals surface area (Å²) in [6, 6.07) is 5.09. The van der Waals surface area contributed by atoms with Gasteiger partial charge in [-0.05, 0) is 49.8 Å². The number of morpholine rings is 1. The standard InChI is InChI=1S/C24H37N3O5S/c1-5-19-6-7-21(16-22(19)33(30,31)27-12-14-32-15-13-27)24(29)26-10-8-20(9-11-26)23(28)25-18(4)17(2)3/h6-7,16-18,20H,5,8-15H2,1-4H3,(H,25,28). The lowest BCUT2D eigenvalue weighted by molar-refractivity contribution is -0.127. The maximum Gasteiger partial charge on any atom is 0.253 e. The number of piperidine rings is 1. The average molecular weight is 480 g/mol. The smallest absolute Gasteiger partial charge is 0.253 e. The molecule has 2 aliphatic rings. The van der Waals surface area contributed by atoms with Gasteiger partial charge in [-0.2, -0.15) is 4.31 Å². The van der Waals surface area contributed by atoms with E-state index < -0.39 is 10.0 Å². The lowest BCUT2D eigenvalue weighted by Gasteiger charge is -2.32. The molecule has 3 rings (SSSR count). The van der Waals surface area contributed by atoms with Gasteiger partial charge in [-0.1, -0.05) is 26.8 Å². The highest BCUT2D eigenvalue weighted by Crippen LogP contribution is 2.26. The summed E-state index contributed by atoms with van der Waals surface area (Å²) in [6.45, 7) is 10.4. The second-order valence-corrected chi connectivity index (χ2v) is 11.2. The number of carbonyl (C=O) groups is 2. The van der Waals surface area contributed by atoms with E-state index in [1.165, 1.54) is 10.4 Å². The molecule has 1 aromatic carbocycles. The van der Waals surface area contributed by atoms with Crippen molar-refractivity contribution in [3.8, 4) is 0 Å². The van der Waals surface area contributed by atoms with Crippen molar-refractivity contribution in [1.82, 2.24) is 14.5 Å². The molecule has 0 radical (unpaired) electrons. The molecule has 0 saturated carbocycles. The van der Waals surface area contributed by atoms with E-state index in [2.05, 4.69) is 19.2 Å². The van der Waals surface area contributed by atoms with Crippen molar-refractivity contribution in [3.63, 3.8) is 0 Å². The fourth-order valence-corrected chi connectivity index (χ4v) is 5.91. The molecule has 2 amide bonds. The zero-order chi connectivity index (χ0) is 24.2. The van der Waals surface area contributed by atoms with E-state index in [4.69, 9.17) is 4.74 Å². The first-order valence-corrected chi connectivity index (χ1v) is 13.4. The topological polar surface area (TPSA) is 96.0 Å². The van der Waals surface area contributed by atoms with Gasteiger partial charge >= 0.3 is 0 Å². The molecular weight excluding hydrogens is 442 g/mol. The third-order valence-corrected chi connectivity index (χ3v) is 8.79. The minimum atomic E-state index is -3.70. The van der Waals surface area contributed by atoms with Gasteiger partial charge < -0.3 is 15.0 Å². The Labute approximate surface area is 197 Å². The zero-order valence-electron chi connectivity index (χ0n) is 20.2. The fourth-order valence-electron chi connectivity index (χ4n) is 4.18. The molecule has 2 fully saturated rings. The zero-order valence-corrected chi connectivity index (χ0v) is 21.0. The van der Waals surface area contributed by atoms with E-state index in [0.717, 1.165) is 0 Å². The van der Waals surface area contributed by atoms with Crippen LogP contribution in [0.25, 0.3) is 0 Å². The Hall–Kier alpha value is -1.97. The van der Waals surface area contributed by atoms with Crippen LogP contribution in [-0.2, 0) is 26.0 Å². The van der Waals surface area contributed by atoms with Crippen molar-refractivity contribution in [1.29, 1.82) is 0 Å². The molecule has 2 aliphatic heterocycles. The Morgan fingerprint density at radius 2 is 1.73 bits per heavy atom. The number of carbonyl (C=O) groups excluding carboxylic acids is 2. The molecule has 0 spiro atoms. The van der Waals surface area contributed by atoms with E-state index in [1.54, 1.807) is 17.0 Å². The fraction of sp³-hybridized carbons (Fsp3) is 0.667. The van der Waals surface area contributed by atoms with Crippen molar-refractivity contribution in [2.75, 3.05) is 39.4 Å². The van der Waals surface area contributed by atoms with Crippen molar-refractivity contribution in [2.24, 2.45) is 11.8 Å². The quantitative estimate of drug-likeness (QED) is 0.647. The largest absolute Gasteiger partial charge is 0.379 e. The molecular formula is C24H37N3O5S. The summed E-state index contributed by atoms with van der Waals surface area (Å²) < 4.78 is 33.3. The minimum absolute atomic E-state index is 0.0505. The second kappa shape index (κ2) is 11.0. The lowest BCUT2D eigenvalue weighted by Crippen LogP contribution is -2.45. The normalized spacial score (nSPS) is 19.5. The van der Waals surface area contributed by atoms with Crippen LogP contribution in [0.4, 0.5) is 0 Å². The SMILES string of the molecule is CCc1ccc(C(=O)N2CCC(C(=O)NC(C)C(C)C)CC2)cc1S(=O)(=O)N1CCOCC1. The highest BCUT2D eigenvalue weighted by molar-refractivity contribution is 7.89. The molecule has 2 saturated heterocycles. The molecule has 1 unspecified atom stereocenters. The molecule has 0 bridgehead atoms. The summed E-state index contributed by atoms with van der Waals surface area (Å²) in [7, 11) is -3.70. The predicted molar refractivity (Wildman–Crippen MR) is 126 cm³/mol. The molecule has 1 aromatic rings. The molecule has 9 heteroatoms. The number of likely N-dealkylation sites (tertiary alicyclic amines) is 1. The number of rotatable bonds is 7. The molecule has 1 atom stereocenters. The van der Waals surface area contributed by atoms with Crippen LogP contribution in [0.2, 0.25) is 0 Å². The van der Waals surface area contributed by atoms with Gasteiger partial charge in [0.15, 0.2) is 0 Å². The first kappa shape index (κ1) is 25.6. The molecule has 8 nitrogen and oxygen atoms in total. The van der Waals surface area contributed by atoms with E-state index in [9.17, 15) is 18.0 Å². The highest BCUT2D eigenvalue weighted by Gasteiger charge is 2.31. The maximum atomic E-state index is 13.3. The van der Waals surface area contributed by atoms with Gasteiger partial charge in [0.05, 0.1) is 18.1 Å². The number of aryl methyl sites for hydroxylation is 1. The van der Waals surface area contributed by atoms with Gasteiger partial charge in [-0.25, -0.2) is 8.42 Å². The number of hydrogen-bond acceptors (Lipinski definition) is 5. The molecule has 2 heterocycles. The van der Waals surface area contributed by atoms with Crippen molar-refractivity contribution in [3.05, 3.63) is 29.3 Å². The summed E-state index contributed by atoms with van der Waals surface area (Å²) in [5.41, 5.74) is 1.07. The van der Waals surface area contributed by atoms with Gasteiger partial charge in [0, 0.05) is 43.7 Å². The number of amides is 2. The van der Waals surface area contributed by atoms with Crippen LogP contribution in [-0.4, -0.2) is 74.9 Å². The number of benzene rings is 1. The molecule has 1 N–H and O–H groups in total. The Morgan fingerprint density at radius 1 is 1.09 bits per heavy atom. The van der Waals surface area contributed by atoms with Crippen molar-refractivity contribution in [2.45, 2.75) is 57.9 Å². The van der Waals surface area contributed by atoms with Gasteiger partial charge in [-0.3, -0.25) is 9.59 Å². The van der Waals surface area contributed by atoms with Gasteiger partial charge in [0.25, 0.3) is 5.91 Å². The third kappa shape index (κ3) is 5.94. The third-order valence-electron chi connectivity index (χ3n) is 6.81. The van der Waals surface area contributed by atoms with Crippen molar-refractivity contribution < 1.29 is 22.7 Å². The Balaban J connectivity index is 1.71. The second-order valence-electron chi connectivity index (χ2n) is 9.30. The first-order chi connectivity index (χ1) is 15.6. The Kier molecular flexibility index (Phi) is 8.53. The molecule has 0 aromatic heterocycles. The van der Waals surface area contributed by atoms with Crippen LogP contribution in [0.3, 0.4) is 0 Å². The number of nitrogens with zero attached hydrogens (tertiary/aromatic N) is 2. The van der Waals surface area contributed by atoms with Crippen LogP contribution in [0.15, 0.2) is 23.1 Å². The van der Waals surface area contributed by atoms with Crippen molar-refractivity contribution >= 4 is 21.8 Å². The summed E-state index contributed by atoms with van der Waals surface area (Å²) in [4.78, 5) is 27.7. The van der Waals surface area contributed by atoms with Gasteiger partial charge in [0.1, 0.15) is 0 Å². The molecule has 0 aliphatic carbocycles. The number of nitrogens with one attached hydrogen (secondary N) is 1. The predicted octanol–water partition coefficient (Wildman–Crippen LogP) is 2.28. The summed E-state index contributed by atoms with van der Waals surface area (Å²) >= 11 is 0.